The number of benzene rings is 1. The maximum atomic E-state index is 12.3. The minimum absolute atomic E-state index is 0.00140. The Morgan fingerprint density at radius 3 is 3.11 bits per heavy atom. The SMILES string of the molecule is COCCOCC(=O)N1CCC[C@H](c2ncc(Cc3cccc(Cl)c3)o2)C1. The van der Waals surface area contributed by atoms with Gasteiger partial charge in [0, 0.05) is 31.6 Å². The Bertz CT molecular complexity index is 749. The van der Waals surface area contributed by atoms with Crippen LogP contribution in [0.3, 0.4) is 0 Å². The molecule has 1 saturated heterocycles. The predicted molar refractivity (Wildman–Crippen MR) is 102 cm³/mol. The molecule has 2 aromatic rings. The first-order chi connectivity index (χ1) is 13.2. The van der Waals surface area contributed by atoms with Crippen LogP contribution in [0.2, 0.25) is 5.02 Å². The summed E-state index contributed by atoms with van der Waals surface area (Å²) < 4.78 is 16.2. The summed E-state index contributed by atoms with van der Waals surface area (Å²) in [5, 5.41) is 0.710. The summed E-state index contributed by atoms with van der Waals surface area (Å²) in [6.45, 7) is 2.36. The quantitative estimate of drug-likeness (QED) is 0.645. The van der Waals surface area contributed by atoms with E-state index < -0.39 is 0 Å². The number of rotatable bonds is 8. The van der Waals surface area contributed by atoms with Crippen LogP contribution in [0, 0.1) is 0 Å². The van der Waals surface area contributed by atoms with Crippen molar-refractivity contribution in [3.05, 3.63) is 52.7 Å². The summed E-state index contributed by atoms with van der Waals surface area (Å²) in [7, 11) is 1.61. The van der Waals surface area contributed by atoms with E-state index in [9.17, 15) is 4.79 Å². The second kappa shape index (κ2) is 9.88. The summed E-state index contributed by atoms with van der Waals surface area (Å²) in [6.07, 6.45) is 4.31. The average Bonchev–Trinajstić information content (AvgIpc) is 3.14. The van der Waals surface area contributed by atoms with Gasteiger partial charge in [0.15, 0.2) is 5.89 Å². The van der Waals surface area contributed by atoms with Crippen LogP contribution in [0.1, 0.15) is 36.0 Å². The summed E-state index contributed by atoms with van der Waals surface area (Å²) >= 11 is 6.04. The lowest BCUT2D eigenvalue weighted by atomic mass is 9.98. The van der Waals surface area contributed by atoms with Crippen molar-refractivity contribution < 1.29 is 18.7 Å². The van der Waals surface area contributed by atoms with Crippen molar-refractivity contribution in [3.63, 3.8) is 0 Å². The molecule has 27 heavy (non-hydrogen) atoms. The molecule has 1 amide bonds. The van der Waals surface area contributed by atoms with Gasteiger partial charge in [0.2, 0.25) is 5.91 Å². The standard InChI is InChI=1S/C20H25ClN2O4/c1-25-8-9-26-14-19(24)23-7-3-5-16(13-23)20-22-12-18(27-20)11-15-4-2-6-17(21)10-15/h2,4,6,10,12,16H,3,5,7-9,11,13-14H2,1H3/t16-/m0/s1. The van der Waals surface area contributed by atoms with E-state index in [4.69, 9.17) is 25.5 Å². The van der Waals surface area contributed by atoms with E-state index in [2.05, 4.69) is 4.98 Å². The highest BCUT2D eigenvalue weighted by Gasteiger charge is 2.27. The smallest absolute Gasteiger partial charge is 0.248 e. The lowest BCUT2D eigenvalue weighted by Gasteiger charge is -2.31. The number of oxazole rings is 1. The van der Waals surface area contributed by atoms with Crippen LogP contribution < -0.4 is 0 Å². The number of carbonyl (C=O) groups is 1. The Labute approximate surface area is 164 Å². The highest BCUT2D eigenvalue weighted by atomic mass is 35.5. The van der Waals surface area contributed by atoms with Gasteiger partial charge in [-0.25, -0.2) is 4.98 Å². The Hall–Kier alpha value is -1.89. The van der Waals surface area contributed by atoms with Gasteiger partial charge in [0.25, 0.3) is 0 Å². The van der Waals surface area contributed by atoms with Crippen molar-refractivity contribution >= 4 is 17.5 Å². The molecule has 6 nitrogen and oxygen atoms in total. The molecule has 146 valence electrons. The fraction of sp³-hybridized carbons (Fsp3) is 0.500. The first-order valence-corrected chi connectivity index (χ1v) is 9.57. The minimum atomic E-state index is 0.00140. The lowest BCUT2D eigenvalue weighted by Crippen LogP contribution is -2.41. The molecule has 0 bridgehead atoms. The number of nitrogens with zero attached hydrogens (tertiary/aromatic N) is 2. The van der Waals surface area contributed by atoms with E-state index in [0.717, 1.165) is 30.7 Å². The van der Waals surface area contributed by atoms with Gasteiger partial charge in [-0.3, -0.25) is 4.79 Å². The zero-order chi connectivity index (χ0) is 19.1. The molecule has 0 spiro atoms. The van der Waals surface area contributed by atoms with Gasteiger partial charge >= 0.3 is 0 Å². The lowest BCUT2D eigenvalue weighted by molar-refractivity contribution is -0.137. The number of hydrogen-bond acceptors (Lipinski definition) is 5. The van der Waals surface area contributed by atoms with Crippen LogP contribution in [0.4, 0.5) is 0 Å². The first-order valence-electron chi connectivity index (χ1n) is 9.19. The Kier molecular flexibility index (Phi) is 7.26. The van der Waals surface area contributed by atoms with E-state index >= 15 is 0 Å². The van der Waals surface area contributed by atoms with E-state index in [1.165, 1.54) is 0 Å². The van der Waals surface area contributed by atoms with Crippen molar-refractivity contribution in [2.45, 2.75) is 25.2 Å². The van der Waals surface area contributed by atoms with Crippen molar-refractivity contribution in [2.75, 3.05) is 40.0 Å². The normalized spacial score (nSPS) is 17.3. The van der Waals surface area contributed by atoms with Gasteiger partial charge in [-0.2, -0.15) is 0 Å². The zero-order valence-corrected chi connectivity index (χ0v) is 16.3. The fourth-order valence-electron chi connectivity index (χ4n) is 3.24. The van der Waals surface area contributed by atoms with Gasteiger partial charge in [-0.05, 0) is 30.5 Å². The third-order valence-corrected chi connectivity index (χ3v) is 4.85. The van der Waals surface area contributed by atoms with Crippen molar-refractivity contribution in [1.82, 2.24) is 9.88 Å². The van der Waals surface area contributed by atoms with Crippen LogP contribution in [0.5, 0.6) is 0 Å². The molecular weight excluding hydrogens is 368 g/mol. The monoisotopic (exact) mass is 392 g/mol. The van der Waals surface area contributed by atoms with Crippen molar-refractivity contribution in [1.29, 1.82) is 0 Å². The molecule has 3 rings (SSSR count). The number of amides is 1. The van der Waals surface area contributed by atoms with Crippen LogP contribution in [-0.2, 0) is 20.7 Å². The highest BCUT2D eigenvalue weighted by molar-refractivity contribution is 6.30. The van der Waals surface area contributed by atoms with Crippen molar-refractivity contribution in [3.8, 4) is 0 Å². The molecule has 1 aliphatic heterocycles. The van der Waals surface area contributed by atoms with E-state index in [1.807, 2.05) is 29.2 Å². The minimum Gasteiger partial charge on any atom is -0.445 e. The number of halogens is 1. The number of piperidine rings is 1. The number of likely N-dealkylation sites (tertiary alicyclic amines) is 1. The summed E-state index contributed by atoms with van der Waals surface area (Å²) in [5.41, 5.74) is 1.08. The van der Waals surface area contributed by atoms with Crippen LogP contribution in [0.15, 0.2) is 34.9 Å². The second-order valence-electron chi connectivity index (χ2n) is 6.70. The highest BCUT2D eigenvalue weighted by Crippen LogP contribution is 2.27. The molecule has 1 atom stereocenters. The third-order valence-electron chi connectivity index (χ3n) is 4.62. The topological polar surface area (TPSA) is 64.8 Å². The van der Waals surface area contributed by atoms with Crippen LogP contribution in [-0.4, -0.2) is 55.8 Å². The number of ether oxygens (including phenoxy) is 2. The molecule has 0 radical (unpaired) electrons. The van der Waals surface area contributed by atoms with E-state index in [-0.39, 0.29) is 18.4 Å². The molecule has 0 saturated carbocycles. The molecule has 0 unspecified atom stereocenters. The van der Waals surface area contributed by atoms with Gasteiger partial charge in [-0.1, -0.05) is 23.7 Å². The van der Waals surface area contributed by atoms with Crippen LogP contribution >= 0.6 is 11.6 Å². The molecule has 2 heterocycles. The molecular formula is C20H25ClN2O4. The number of aromatic nitrogens is 1. The summed E-state index contributed by atoms with van der Waals surface area (Å²) in [4.78, 5) is 18.6. The Morgan fingerprint density at radius 1 is 1.41 bits per heavy atom. The van der Waals surface area contributed by atoms with Crippen LogP contribution in [0.25, 0.3) is 0 Å². The Balaban J connectivity index is 1.55. The molecule has 0 N–H and O–H groups in total. The molecule has 1 fully saturated rings. The number of methoxy groups -OCH3 is 1. The van der Waals surface area contributed by atoms with Gasteiger partial charge in [-0.15, -0.1) is 0 Å². The van der Waals surface area contributed by atoms with Gasteiger partial charge in [0.1, 0.15) is 12.4 Å². The maximum Gasteiger partial charge on any atom is 0.248 e. The third kappa shape index (κ3) is 5.79. The first kappa shape index (κ1) is 19.9. The largest absolute Gasteiger partial charge is 0.445 e. The number of hydrogen-bond donors (Lipinski definition) is 0. The molecule has 1 aromatic heterocycles. The van der Waals surface area contributed by atoms with E-state index in [0.29, 0.717) is 37.1 Å². The molecule has 7 heteroatoms. The van der Waals surface area contributed by atoms with E-state index in [1.54, 1.807) is 13.3 Å². The molecule has 1 aliphatic rings. The molecule has 0 aliphatic carbocycles. The maximum absolute atomic E-state index is 12.3. The summed E-state index contributed by atoms with van der Waals surface area (Å²) in [6, 6.07) is 7.71. The van der Waals surface area contributed by atoms with Gasteiger partial charge in [0.05, 0.1) is 25.3 Å². The second-order valence-corrected chi connectivity index (χ2v) is 7.13. The fourth-order valence-corrected chi connectivity index (χ4v) is 3.45. The van der Waals surface area contributed by atoms with Gasteiger partial charge < -0.3 is 18.8 Å². The molecule has 1 aromatic carbocycles. The predicted octanol–water partition coefficient (Wildman–Crippen LogP) is 3.29. The Morgan fingerprint density at radius 2 is 2.30 bits per heavy atom. The van der Waals surface area contributed by atoms with Crippen molar-refractivity contribution in [2.24, 2.45) is 0 Å². The zero-order valence-electron chi connectivity index (χ0n) is 15.5. The number of carbonyl (C=O) groups excluding carboxylic acids is 1. The average molecular weight is 393 g/mol. The summed E-state index contributed by atoms with van der Waals surface area (Å²) in [5.74, 6) is 1.62.